The quantitative estimate of drug-likeness (QED) is 0.302. The van der Waals surface area contributed by atoms with Crippen LogP contribution in [0.25, 0.3) is 10.9 Å². The fourth-order valence-electron chi connectivity index (χ4n) is 7.42. The second-order valence-corrected chi connectivity index (χ2v) is 14.4. The average molecular weight is 623 g/mol. The van der Waals surface area contributed by atoms with Gasteiger partial charge >= 0.3 is 6.09 Å². The highest BCUT2D eigenvalue weighted by Gasteiger charge is 2.58. The summed E-state index contributed by atoms with van der Waals surface area (Å²) in [6.07, 6.45) is 2.86. The number of carbonyl (C=O) groups excluding carboxylic acids is 2. The molecule has 0 radical (unpaired) electrons. The molecule has 1 atom stereocenters. The van der Waals surface area contributed by atoms with Crippen molar-refractivity contribution in [2.45, 2.75) is 77.5 Å². The number of alkyl halides is 2. The van der Waals surface area contributed by atoms with Gasteiger partial charge in [0.1, 0.15) is 11.4 Å². The highest BCUT2D eigenvalue weighted by atomic mass is 19.3. The molecule has 3 aromatic rings. The van der Waals surface area contributed by atoms with Crippen LogP contribution < -0.4 is 10.1 Å². The molecular weight excluding hydrogens is 578 g/mol. The Hall–Kier alpha value is -3.66. The minimum Gasteiger partial charge on any atom is -0.496 e. The first kappa shape index (κ1) is 31.3. The van der Waals surface area contributed by atoms with E-state index in [4.69, 9.17) is 9.47 Å². The lowest BCUT2D eigenvalue weighted by atomic mass is 9.59. The number of amides is 2. The van der Waals surface area contributed by atoms with Crippen LogP contribution >= 0.6 is 0 Å². The first-order chi connectivity index (χ1) is 21.2. The molecule has 0 unspecified atom stereocenters. The molecule has 1 saturated carbocycles. The third-order valence-corrected chi connectivity index (χ3v) is 9.67. The molecule has 2 aromatic carbocycles. The number of fused-ring (bicyclic) bond motifs is 1. The monoisotopic (exact) mass is 622 g/mol. The number of nitrogens with one attached hydrogen (secondary N) is 2. The molecule has 6 rings (SSSR count). The van der Waals surface area contributed by atoms with E-state index in [1.165, 1.54) is 0 Å². The third-order valence-electron chi connectivity index (χ3n) is 9.67. The molecule has 0 bridgehead atoms. The maximum atomic E-state index is 14.1. The Morgan fingerprint density at radius 2 is 1.82 bits per heavy atom. The molecule has 2 saturated heterocycles. The standard InChI is InChI=1S/C35H44F2N4O4/c1-22-14-29(44-5)27(26-10-12-38-30(22)26)19-40-13-11-34(20-35(36,37)21-34)15-28(40)24-6-8-25(9-7-24)31(42)39-16-23-17-41(18-23)32(43)45-33(2,3)4/h6-10,12,14,23,28,38H,11,13,15-21H2,1-5H3,(H,39,42)/t28-/m1/s1. The van der Waals surface area contributed by atoms with E-state index in [2.05, 4.69) is 28.2 Å². The Morgan fingerprint density at radius 1 is 1.11 bits per heavy atom. The van der Waals surface area contributed by atoms with Gasteiger partial charge in [-0.3, -0.25) is 9.69 Å². The van der Waals surface area contributed by atoms with E-state index in [9.17, 15) is 18.4 Å². The minimum atomic E-state index is -2.59. The van der Waals surface area contributed by atoms with Crippen LogP contribution in [-0.4, -0.2) is 71.6 Å². The summed E-state index contributed by atoms with van der Waals surface area (Å²) in [5.74, 6) is -1.76. The zero-order valence-corrected chi connectivity index (χ0v) is 26.8. The first-order valence-electron chi connectivity index (χ1n) is 15.9. The van der Waals surface area contributed by atoms with E-state index in [0.717, 1.165) is 39.8 Å². The number of aryl methyl sites for hydroxylation is 1. The third kappa shape index (κ3) is 6.52. The van der Waals surface area contributed by atoms with Gasteiger partial charge in [-0.1, -0.05) is 12.1 Å². The maximum Gasteiger partial charge on any atom is 0.410 e. The summed E-state index contributed by atoms with van der Waals surface area (Å²) in [6.45, 7) is 10.5. The van der Waals surface area contributed by atoms with Gasteiger partial charge in [-0.15, -0.1) is 0 Å². The molecular formula is C35H44F2N4O4. The lowest BCUT2D eigenvalue weighted by Gasteiger charge is -2.54. The summed E-state index contributed by atoms with van der Waals surface area (Å²) in [5.41, 5.74) is 3.92. The molecule has 2 amide bonds. The summed E-state index contributed by atoms with van der Waals surface area (Å²) in [4.78, 5) is 32.5. The van der Waals surface area contributed by atoms with Crippen molar-refractivity contribution in [3.8, 4) is 5.75 Å². The van der Waals surface area contributed by atoms with Crippen LogP contribution in [0.3, 0.4) is 0 Å². The van der Waals surface area contributed by atoms with Gasteiger partial charge in [0.15, 0.2) is 0 Å². The predicted octanol–water partition coefficient (Wildman–Crippen LogP) is 6.83. The molecule has 10 heteroatoms. The Kier molecular flexibility index (Phi) is 8.08. The van der Waals surface area contributed by atoms with E-state index in [-0.39, 0.29) is 42.2 Å². The van der Waals surface area contributed by atoms with Gasteiger partial charge in [-0.2, -0.15) is 0 Å². The molecule has 8 nitrogen and oxygen atoms in total. The SMILES string of the molecule is COc1cc(C)c2[nH]ccc2c1CN1CCC2(C[C@@H]1c1ccc(C(=O)NCC3CN(C(=O)OC(C)(C)C)C3)cc1)CC(F)(F)C2. The van der Waals surface area contributed by atoms with Crippen molar-refractivity contribution >= 4 is 22.9 Å². The zero-order valence-electron chi connectivity index (χ0n) is 26.8. The Balaban J connectivity index is 1.14. The second kappa shape index (κ2) is 11.6. The number of aromatic nitrogens is 1. The number of benzene rings is 2. The number of ether oxygens (including phenoxy) is 2. The number of piperidine rings is 1. The fraction of sp³-hybridized carbons (Fsp3) is 0.543. The number of methoxy groups -OCH3 is 1. The smallest absolute Gasteiger partial charge is 0.410 e. The number of carbonyl (C=O) groups is 2. The van der Waals surface area contributed by atoms with Crippen LogP contribution in [0.2, 0.25) is 0 Å². The van der Waals surface area contributed by atoms with E-state index in [1.54, 1.807) is 12.0 Å². The summed E-state index contributed by atoms with van der Waals surface area (Å²) in [7, 11) is 1.68. The predicted molar refractivity (Wildman–Crippen MR) is 169 cm³/mol. The van der Waals surface area contributed by atoms with E-state index in [0.29, 0.717) is 44.7 Å². The first-order valence-corrected chi connectivity index (χ1v) is 15.9. The summed E-state index contributed by atoms with van der Waals surface area (Å²) < 4.78 is 39.5. The molecule has 1 spiro atoms. The number of rotatable bonds is 7. The van der Waals surface area contributed by atoms with Gasteiger partial charge < -0.3 is 24.7 Å². The van der Waals surface area contributed by atoms with Crippen molar-refractivity contribution < 1.29 is 27.8 Å². The van der Waals surface area contributed by atoms with Gasteiger partial charge in [-0.05, 0) is 87.9 Å². The van der Waals surface area contributed by atoms with Crippen LogP contribution in [0.1, 0.15) is 79.5 Å². The zero-order chi connectivity index (χ0) is 32.1. The van der Waals surface area contributed by atoms with Gasteiger partial charge in [0.05, 0.1) is 7.11 Å². The summed E-state index contributed by atoms with van der Waals surface area (Å²) in [5, 5.41) is 4.10. The molecule has 45 heavy (non-hydrogen) atoms. The van der Waals surface area contributed by atoms with Gasteiger partial charge in [-0.25, -0.2) is 13.6 Å². The largest absolute Gasteiger partial charge is 0.496 e. The van der Waals surface area contributed by atoms with Crippen LogP contribution in [0, 0.1) is 18.3 Å². The number of aromatic amines is 1. The van der Waals surface area contributed by atoms with Crippen molar-refractivity contribution in [2.75, 3.05) is 33.3 Å². The minimum absolute atomic E-state index is 0.0622. The van der Waals surface area contributed by atoms with Crippen molar-refractivity contribution in [1.29, 1.82) is 0 Å². The molecule has 2 aliphatic heterocycles. The van der Waals surface area contributed by atoms with Crippen LogP contribution in [-0.2, 0) is 11.3 Å². The van der Waals surface area contributed by atoms with E-state index in [1.807, 2.05) is 57.3 Å². The lowest BCUT2D eigenvalue weighted by Crippen LogP contribution is -2.54. The number of H-pyrrole nitrogens is 1. The molecule has 3 aliphatic rings. The number of nitrogens with zero attached hydrogens (tertiary/aromatic N) is 2. The highest BCUT2D eigenvalue weighted by Crippen LogP contribution is 2.60. The van der Waals surface area contributed by atoms with Crippen LogP contribution in [0.15, 0.2) is 42.6 Å². The lowest BCUT2D eigenvalue weighted by molar-refractivity contribution is -0.186. The average Bonchev–Trinajstić information content (AvgIpc) is 3.43. The number of hydrogen-bond acceptors (Lipinski definition) is 5. The topological polar surface area (TPSA) is 86.9 Å². The van der Waals surface area contributed by atoms with Crippen molar-refractivity contribution in [1.82, 2.24) is 20.1 Å². The number of halogens is 2. The van der Waals surface area contributed by atoms with Gasteiger partial charge in [0.2, 0.25) is 5.92 Å². The Morgan fingerprint density at radius 3 is 2.47 bits per heavy atom. The van der Waals surface area contributed by atoms with Crippen LogP contribution in [0.4, 0.5) is 13.6 Å². The number of hydrogen-bond donors (Lipinski definition) is 2. The van der Waals surface area contributed by atoms with Gasteiger partial charge in [0, 0.05) is 79.2 Å². The summed E-state index contributed by atoms with van der Waals surface area (Å²) in [6, 6.07) is 11.6. The molecule has 2 N–H and O–H groups in total. The van der Waals surface area contributed by atoms with Gasteiger partial charge in [0.25, 0.3) is 5.91 Å². The summed E-state index contributed by atoms with van der Waals surface area (Å²) >= 11 is 0. The van der Waals surface area contributed by atoms with Crippen molar-refractivity contribution in [3.63, 3.8) is 0 Å². The molecule has 242 valence electrons. The van der Waals surface area contributed by atoms with Crippen molar-refractivity contribution in [2.24, 2.45) is 11.3 Å². The fourth-order valence-corrected chi connectivity index (χ4v) is 7.42. The maximum absolute atomic E-state index is 14.1. The second-order valence-electron chi connectivity index (χ2n) is 14.4. The van der Waals surface area contributed by atoms with E-state index < -0.39 is 11.5 Å². The van der Waals surface area contributed by atoms with Crippen LogP contribution in [0.5, 0.6) is 5.75 Å². The van der Waals surface area contributed by atoms with E-state index >= 15 is 0 Å². The Bertz CT molecular complexity index is 1560. The molecule has 1 aromatic heterocycles. The molecule has 3 fully saturated rings. The highest BCUT2D eigenvalue weighted by molar-refractivity contribution is 5.94. The van der Waals surface area contributed by atoms with Crippen molar-refractivity contribution in [3.05, 3.63) is 64.8 Å². The normalized spacial score (nSPS) is 21.3. The molecule has 1 aliphatic carbocycles. The molecule has 3 heterocycles. The number of likely N-dealkylation sites (tertiary alicyclic amines) is 2. The Labute approximate surface area is 263 Å².